The van der Waals surface area contributed by atoms with Crippen molar-refractivity contribution in [3.05, 3.63) is 46.2 Å². The fourth-order valence-corrected chi connectivity index (χ4v) is 3.10. The molecule has 0 fully saturated rings. The van der Waals surface area contributed by atoms with Crippen LogP contribution in [0.15, 0.2) is 35.0 Å². The summed E-state index contributed by atoms with van der Waals surface area (Å²) in [5, 5.41) is 7.64. The van der Waals surface area contributed by atoms with Crippen LogP contribution in [0, 0.1) is 5.92 Å². The van der Waals surface area contributed by atoms with Crippen molar-refractivity contribution in [2.45, 2.75) is 13.0 Å². The molecule has 20 heavy (non-hydrogen) atoms. The molecule has 0 radical (unpaired) electrons. The molecule has 1 aromatic heterocycles. The van der Waals surface area contributed by atoms with Crippen molar-refractivity contribution in [1.29, 1.82) is 0 Å². The third-order valence-electron chi connectivity index (χ3n) is 3.51. The first kappa shape index (κ1) is 13.5. The standard InChI is InChI=1S/C16H19NO2S/c1-11-8-18-14-4-3-12(7-15(14)19-9-11)16(17-2)13-5-6-20-10-13/h3-7,10-11,16-17H,8-9H2,1-2H3. The largest absolute Gasteiger partial charge is 0.489 e. The van der Waals surface area contributed by atoms with E-state index < -0.39 is 0 Å². The fourth-order valence-electron chi connectivity index (χ4n) is 2.41. The fraction of sp³-hybridized carbons (Fsp3) is 0.375. The number of hydrogen-bond acceptors (Lipinski definition) is 4. The Morgan fingerprint density at radius 3 is 2.65 bits per heavy atom. The van der Waals surface area contributed by atoms with E-state index in [0.29, 0.717) is 19.1 Å². The van der Waals surface area contributed by atoms with Crippen molar-refractivity contribution in [3.63, 3.8) is 0 Å². The monoisotopic (exact) mass is 289 g/mol. The first-order valence-corrected chi connectivity index (χ1v) is 7.81. The summed E-state index contributed by atoms with van der Waals surface area (Å²) in [5.41, 5.74) is 2.48. The van der Waals surface area contributed by atoms with Crippen LogP contribution in [0.4, 0.5) is 0 Å². The van der Waals surface area contributed by atoms with Crippen LogP contribution in [0.3, 0.4) is 0 Å². The van der Waals surface area contributed by atoms with Crippen molar-refractivity contribution in [1.82, 2.24) is 5.32 Å². The molecule has 1 aliphatic rings. The second-order valence-corrected chi connectivity index (χ2v) is 5.99. The third-order valence-corrected chi connectivity index (χ3v) is 4.21. The predicted molar refractivity (Wildman–Crippen MR) is 81.8 cm³/mol. The second kappa shape index (κ2) is 5.85. The number of nitrogens with one attached hydrogen (secondary N) is 1. The summed E-state index contributed by atoms with van der Waals surface area (Å²) in [6.07, 6.45) is 0. The number of hydrogen-bond donors (Lipinski definition) is 1. The summed E-state index contributed by atoms with van der Waals surface area (Å²) >= 11 is 1.71. The Hall–Kier alpha value is -1.52. The first-order chi connectivity index (χ1) is 9.78. The second-order valence-electron chi connectivity index (χ2n) is 5.21. The Balaban J connectivity index is 1.91. The molecule has 2 atom stereocenters. The zero-order valence-electron chi connectivity index (χ0n) is 11.8. The summed E-state index contributed by atoms with van der Waals surface area (Å²) < 4.78 is 11.6. The number of ether oxygens (including phenoxy) is 2. The Bertz CT molecular complexity index is 568. The summed E-state index contributed by atoms with van der Waals surface area (Å²) in [6, 6.07) is 8.55. The van der Waals surface area contributed by atoms with Crippen molar-refractivity contribution in [2.24, 2.45) is 5.92 Å². The summed E-state index contributed by atoms with van der Waals surface area (Å²) in [7, 11) is 1.98. The van der Waals surface area contributed by atoms with Gasteiger partial charge in [-0.2, -0.15) is 11.3 Å². The molecule has 0 saturated carbocycles. The normalized spacial score (nSPS) is 19.4. The van der Waals surface area contributed by atoms with Gasteiger partial charge in [-0.25, -0.2) is 0 Å². The Labute approximate surface area is 123 Å². The van der Waals surface area contributed by atoms with Crippen LogP contribution in [0.2, 0.25) is 0 Å². The zero-order chi connectivity index (χ0) is 13.9. The molecule has 0 saturated heterocycles. The van der Waals surface area contributed by atoms with Gasteiger partial charge in [-0.1, -0.05) is 13.0 Å². The highest BCUT2D eigenvalue weighted by Gasteiger charge is 2.18. The number of rotatable bonds is 3. The van der Waals surface area contributed by atoms with E-state index in [4.69, 9.17) is 9.47 Å². The summed E-state index contributed by atoms with van der Waals surface area (Å²) in [6.45, 7) is 3.56. The molecular weight excluding hydrogens is 270 g/mol. The number of thiophene rings is 1. The molecule has 1 aromatic carbocycles. The van der Waals surface area contributed by atoms with E-state index in [0.717, 1.165) is 11.5 Å². The third kappa shape index (κ3) is 2.67. The first-order valence-electron chi connectivity index (χ1n) is 6.87. The van der Waals surface area contributed by atoms with Crippen molar-refractivity contribution in [3.8, 4) is 11.5 Å². The quantitative estimate of drug-likeness (QED) is 0.938. The van der Waals surface area contributed by atoms with Crippen LogP contribution in [0.25, 0.3) is 0 Å². The number of benzene rings is 1. The molecule has 3 rings (SSSR count). The summed E-state index contributed by atoms with van der Waals surface area (Å²) in [4.78, 5) is 0. The van der Waals surface area contributed by atoms with E-state index in [1.807, 2.05) is 13.1 Å². The summed E-state index contributed by atoms with van der Waals surface area (Å²) in [5.74, 6) is 2.11. The lowest BCUT2D eigenvalue weighted by molar-refractivity contribution is 0.228. The van der Waals surface area contributed by atoms with Crippen LogP contribution in [-0.2, 0) is 0 Å². The van der Waals surface area contributed by atoms with E-state index in [1.165, 1.54) is 11.1 Å². The highest BCUT2D eigenvalue weighted by Crippen LogP contribution is 2.34. The Morgan fingerprint density at radius 2 is 1.95 bits per heavy atom. The molecule has 1 aliphatic heterocycles. The van der Waals surface area contributed by atoms with Gasteiger partial charge in [0.2, 0.25) is 0 Å². The molecule has 106 valence electrons. The van der Waals surface area contributed by atoms with E-state index >= 15 is 0 Å². The molecule has 0 spiro atoms. The smallest absolute Gasteiger partial charge is 0.161 e. The van der Waals surface area contributed by atoms with Crippen LogP contribution >= 0.6 is 11.3 Å². The zero-order valence-corrected chi connectivity index (χ0v) is 12.6. The van der Waals surface area contributed by atoms with Crippen molar-refractivity contribution < 1.29 is 9.47 Å². The average Bonchev–Trinajstić information content (AvgIpc) is 2.92. The Kier molecular flexibility index (Phi) is 3.94. The maximum atomic E-state index is 5.86. The predicted octanol–water partition coefficient (Wildman–Crippen LogP) is 3.46. The van der Waals surface area contributed by atoms with Crippen LogP contribution in [0.1, 0.15) is 24.1 Å². The van der Waals surface area contributed by atoms with Gasteiger partial charge in [-0.3, -0.25) is 0 Å². The van der Waals surface area contributed by atoms with E-state index in [9.17, 15) is 0 Å². The van der Waals surface area contributed by atoms with Crippen LogP contribution in [0.5, 0.6) is 11.5 Å². The molecule has 2 heterocycles. The minimum absolute atomic E-state index is 0.191. The van der Waals surface area contributed by atoms with Gasteiger partial charge in [-0.15, -0.1) is 0 Å². The number of fused-ring (bicyclic) bond motifs is 1. The van der Waals surface area contributed by atoms with E-state index in [1.54, 1.807) is 11.3 Å². The molecule has 0 amide bonds. The molecule has 2 unspecified atom stereocenters. The topological polar surface area (TPSA) is 30.5 Å². The van der Waals surface area contributed by atoms with Gasteiger partial charge < -0.3 is 14.8 Å². The van der Waals surface area contributed by atoms with E-state index in [-0.39, 0.29) is 6.04 Å². The molecule has 4 heteroatoms. The lowest BCUT2D eigenvalue weighted by atomic mass is 10.0. The molecule has 1 N–H and O–H groups in total. The van der Waals surface area contributed by atoms with Crippen molar-refractivity contribution >= 4 is 11.3 Å². The van der Waals surface area contributed by atoms with Crippen LogP contribution in [-0.4, -0.2) is 20.3 Å². The molecule has 0 aliphatic carbocycles. The highest BCUT2D eigenvalue weighted by atomic mass is 32.1. The van der Waals surface area contributed by atoms with Gasteiger partial charge >= 0.3 is 0 Å². The van der Waals surface area contributed by atoms with Gasteiger partial charge in [0.1, 0.15) is 0 Å². The molecular formula is C16H19NO2S. The molecule has 2 aromatic rings. The van der Waals surface area contributed by atoms with Gasteiger partial charge in [0, 0.05) is 5.92 Å². The minimum Gasteiger partial charge on any atom is -0.489 e. The van der Waals surface area contributed by atoms with Crippen molar-refractivity contribution in [2.75, 3.05) is 20.3 Å². The van der Waals surface area contributed by atoms with E-state index in [2.05, 4.69) is 41.2 Å². The Morgan fingerprint density at radius 1 is 1.15 bits per heavy atom. The lowest BCUT2D eigenvalue weighted by Crippen LogP contribution is -2.17. The average molecular weight is 289 g/mol. The SMILES string of the molecule is CNC(c1ccsc1)c1ccc2c(c1)OCC(C)CO2. The minimum atomic E-state index is 0.191. The van der Waals surface area contributed by atoms with Gasteiger partial charge in [0.25, 0.3) is 0 Å². The molecule has 3 nitrogen and oxygen atoms in total. The lowest BCUT2D eigenvalue weighted by Gasteiger charge is -2.17. The van der Waals surface area contributed by atoms with Crippen LogP contribution < -0.4 is 14.8 Å². The van der Waals surface area contributed by atoms with Gasteiger partial charge in [0.05, 0.1) is 19.3 Å². The maximum Gasteiger partial charge on any atom is 0.161 e. The molecule has 0 bridgehead atoms. The van der Waals surface area contributed by atoms with Gasteiger partial charge in [0.15, 0.2) is 11.5 Å². The highest BCUT2D eigenvalue weighted by molar-refractivity contribution is 7.08. The maximum absolute atomic E-state index is 5.86. The van der Waals surface area contributed by atoms with Gasteiger partial charge in [-0.05, 0) is 47.1 Å².